The van der Waals surface area contributed by atoms with Crippen molar-refractivity contribution < 1.29 is 32.8 Å². The first-order chi connectivity index (χ1) is 10.2. The number of ketones is 2. The van der Waals surface area contributed by atoms with Crippen LogP contribution in [0.5, 0.6) is 0 Å². The second-order valence-electron chi connectivity index (χ2n) is 4.68. The smallest absolute Gasteiger partial charge is 0.423 e. The molecule has 0 aliphatic heterocycles. The van der Waals surface area contributed by atoms with E-state index in [0.717, 1.165) is 0 Å². The Morgan fingerprint density at radius 3 is 2.36 bits per heavy atom. The SMILES string of the molecule is O=C(CC(=O)C(F)(F)F)c1ccc2c(B(O)O)cccc2c1. The highest BCUT2D eigenvalue weighted by molar-refractivity contribution is 6.62. The maximum absolute atomic E-state index is 12.2. The van der Waals surface area contributed by atoms with Gasteiger partial charge in [0.05, 0.1) is 6.42 Å². The van der Waals surface area contributed by atoms with E-state index in [1.807, 2.05) is 0 Å². The van der Waals surface area contributed by atoms with Gasteiger partial charge in [-0.25, -0.2) is 0 Å². The highest BCUT2D eigenvalue weighted by atomic mass is 19.4. The van der Waals surface area contributed by atoms with E-state index in [1.165, 1.54) is 30.3 Å². The zero-order valence-electron chi connectivity index (χ0n) is 11.1. The summed E-state index contributed by atoms with van der Waals surface area (Å²) in [6, 6.07) is 8.53. The number of carbonyl (C=O) groups is 2. The van der Waals surface area contributed by atoms with Crippen LogP contribution in [0, 0.1) is 0 Å². The number of halogens is 3. The monoisotopic (exact) mass is 310 g/mol. The van der Waals surface area contributed by atoms with Crippen molar-refractivity contribution in [2.75, 3.05) is 0 Å². The van der Waals surface area contributed by atoms with E-state index >= 15 is 0 Å². The maximum Gasteiger partial charge on any atom is 0.489 e. The molecule has 0 atom stereocenters. The van der Waals surface area contributed by atoms with Crippen LogP contribution in [0.3, 0.4) is 0 Å². The average molecular weight is 310 g/mol. The fourth-order valence-electron chi connectivity index (χ4n) is 2.06. The summed E-state index contributed by atoms with van der Waals surface area (Å²) in [6.07, 6.45) is -6.29. The minimum absolute atomic E-state index is 0.0466. The molecule has 0 unspecified atom stereocenters. The molecular weight excluding hydrogens is 300 g/mol. The van der Waals surface area contributed by atoms with Gasteiger partial charge in [-0.15, -0.1) is 0 Å². The molecule has 0 aromatic heterocycles. The molecule has 2 aromatic carbocycles. The molecule has 0 bridgehead atoms. The molecule has 2 N–H and O–H groups in total. The molecular formula is C14H10BF3O4. The lowest BCUT2D eigenvalue weighted by Gasteiger charge is -2.08. The number of hydrogen-bond donors (Lipinski definition) is 2. The van der Waals surface area contributed by atoms with E-state index in [2.05, 4.69) is 0 Å². The van der Waals surface area contributed by atoms with Crippen molar-refractivity contribution in [3.8, 4) is 0 Å². The number of benzene rings is 2. The second kappa shape index (κ2) is 5.90. The molecule has 0 aliphatic carbocycles. The molecule has 0 spiro atoms. The lowest BCUT2D eigenvalue weighted by molar-refractivity contribution is -0.170. The predicted molar refractivity (Wildman–Crippen MR) is 73.8 cm³/mol. The minimum atomic E-state index is -5.04. The fourth-order valence-corrected chi connectivity index (χ4v) is 2.06. The van der Waals surface area contributed by atoms with Gasteiger partial charge in [0.1, 0.15) is 0 Å². The topological polar surface area (TPSA) is 74.6 Å². The number of alkyl halides is 3. The summed E-state index contributed by atoms with van der Waals surface area (Å²) in [6.45, 7) is 0. The predicted octanol–water partition coefficient (Wildman–Crippen LogP) is 1.22. The van der Waals surface area contributed by atoms with Crippen molar-refractivity contribution in [1.29, 1.82) is 0 Å². The van der Waals surface area contributed by atoms with Crippen LogP contribution in [-0.2, 0) is 4.79 Å². The van der Waals surface area contributed by atoms with Crippen molar-refractivity contribution >= 4 is 34.9 Å². The summed E-state index contributed by atoms with van der Waals surface area (Å²) < 4.78 is 36.5. The molecule has 0 aliphatic rings. The van der Waals surface area contributed by atoms with Gasteiger partial charge in [-0.3, -0.25) is 9.59 Å². The molecule has 114 valence electrons. The molecule has 0 radical (unpaired) electrons. The van der Waals surface area contributed by atoms with Crippen molar-refractivity contribution in [2.24, 2.45) is 0 Å². The van der Waals surface area contributed by atoms with E-state index in [0.29, 0.717) is 10.8 Å². The van der Waals surface area contributed by atoms with Crippen LogP contribution in [0.2, 0.25) is 0 Å². The van der Waals surface area contributed by atoms with Gasteiger partial charge >= 0.3 is 13.3 Å². The van der Waals surface area contributed by atoms with Crippen LogP contribution in [0.15, 0.2) is 36.4 Å². The van der Waals surface area contributed by atoms with Crippen LogP contribution in [0.1, 0.15) is 16.8 Å². The third-order valence-electron chi connectivity index (χ3n) is 3.15. The number of hydrogen-bond acceptors (Lipinski definition) is 4. The van der Waals surface area contributed by atoms with Gasteiger partial charge in [-0.1, -0.05) is 30.3 Å². The summed E-state index contributed by atoms with van der Waals surface area (Å²) in [7, 11) is -1.71. The molecule has 0 saturated carbocycles. The van der Waals surface area contributed by atoms with Crippen LogP contribution < -0.4 is 5.46 Å². The van der Waals surface area contributed by atoms with E-state index in [-0.39, 0.29) is 11.0 Å². The second-order valence-corrected chi connectivity index (χ2v) is 4.68. The highest BCUT2D eigenvalue weighted by Gasteiger charge is 2.39. The molecule has 0 heterocycles. The lowest BCUT2D eigenvalue weighted by atomic mass is 9.77. The molecule has 2 aromatic rings. The van der Waals surface area contributed by atoms with Crippen molar-refractivity contribution in [1.82, 2.24) is 0 Å². The summed E-state index contributed by atoms with van der Waals surface area (Å²) in [5, 5.41) is 19.4. The lowest BCUT2D eigenvalue weighted by Crippen LogP contribution is -2.30. The number of Topliss-reactive ketones (excluding diaryl/α,β-unsaturated/α-hetero) is 2. The van der Waals surface area contributed by atoms with Crippen LogP contribution in [0.25, 0.3) is 10.8 Å². The maximum atomic E-state index is 12.2. The third kappa shape index (κ3) is 3.34. The Morgan fingerprint density at radius 2 is 1.77 bits per heavy atom. The number of carbonyl (C=O) groups excluding carboxylic acids is 2. The van der Waals surface area contributed by atoms with Gasteiger partial charge in [-0.05, 0) is 22.3 Å². The van der Waals surface area contributed by atoms with Crippen molar-refractivity contribution in [3.05, 3.63) is 42.0 Å². The third-order valence-corrected chi connectivity index (χ3v) is 3.15. The van der Waals surface area contributed by atoms with Crippen LogP contribution in [0.4, 0.5) is 13.2 Å². The quantitative estimate of drug-likeness (QED) is 0.506. The van der Waals surface area contributed by atoms with E-state index in [9.17, 15) is 32.8 Å². The van der Waals surface area contributed by atoms with Gasteiger partial charge in [0, 0.05) is 5.56 Å². The normalized spacial score (nSPS) is 11.5. The first kappa shape index (κ1) is 16.2. The van der Waals surface area contributed by atoms with E-state index in [4.69, 9.17) is 0 Å². The highest BCUT2D eigenvalue weighted by Crippen LogP contribution is 2.21. The van der Waals surface area contributed by atoms with E-state index in [1.54, 1.807) is 6.07 Å². The Kier molecular flexibility index (Phi) is 4.34. The number of rotatable bonds is 4. The first-order valence-electron chi connectivity index (χ1n) is 6.22. The summed E-state index contributed by atoms with van der Waals surface area (Å²) in [5.41, 5.74) is 0.164. The van der Waals surface area contributed by atoms with Crippen molar-refractivity contribution in [3.63, 3.8) is 0 Å². The molecule has 8 heteroatoms. The Balaban J connectivity index is 2.34. The Hall–Kier alpha value is -2.19. The molecule has 22 heavy (non-hydrogen) atoms. The zero-order valence-corrected chi connectivity index (χ0v) is 11.1. The first-order valence-corrected chi connectivity index (χ1v) is 6.22. The minimum Gasteiger partial charge on any atom is -0.423 e. The van der Waals surface area contributed by atoms with Crippen LogP contribution >= 0.6 is 0 Å². The summed E-state index contributed by atoms with van der Waals surface area (Å²) >= 11 is 0. The molecule has 4 nitrogen and oxygen atoms in total. The average Bonchev–Trinajstić information content (AvgIpc) is 2.44. The van der Waals surface area contributed by atoms with Crippen LogP contribution in [-0.4, -0.2) is 34.9 Å². The fraction of sp³-hybridized carbons (Fsp3) is 0.143. The Labute approximate surface area is 123 Å². The Morgan fingerprint density at radius 1 is 1.09 bits per heavy atom. The molecule has 0 fully saturated rings. The van der Waals surface area contributed by atoms with Crippen molar-refractivity contribution in [2.45, 2.75) is 12.6 Å². The van der Waals surface area contributed by atoms with Gasteiger partial charge in [-0.2, -0.15) is 13.2 Å². The van der Waals surface area contributed by atoms with Gasteiger partial charge < -0.3 is 10.0 Å². The summed E-state index contributed by atoms with van der Waals surface area (Å²) in [5.74, 6) is -3.05. The molecule has 0 saturated heterocycles. The van der Waals surface area contributed by atoms with Gasteiger partial charge in [0.25, 0.3) is 0 Å². The molecule has 0 amide bonds. The standard InChI is InChI=1S/C14H10BF3O4/c16-14(17,18)13(20)7-12(19)9-4-5-10-8(6-9)2-1-3-11(10)15(21)22/h1-6,21-22H,7H2. The summed E-state index contributed by atoms with van der Waals surface area (Å²) in [4.78, 5) is 22.6. The zero-order chi connectivity index (χ0) is 16.5. The number of fused-ring (bicyclic) bond motifs is 1. The van der Waals surface area contributed by atoms with Gasteiger partial charge in [0.15, 0.2) is 5.78 Å². The van der Waals surface area contributed by atoms with Gasteiger partial charge in [0.2, 0.25) is 5.78 Å². The molecule has 2 rings (SSSR count). The Bertz CT molecular complexity index is 740. The largest absolute Gasteiger partial charge is 0.489 e. The van der Waals surface area contributed by atoms with E-state index < -0.39 is 31.3 Å².